The lowest BCUT2D eigenvalue weighted by Gasteiger charge is -2.40. The molecule has 0 aliphatic carbocycles. The van der Waals surface area contributed by atoms with E-state index in [4.69, 9.17) is 0 Å². The van der Waals surface area contributed by atoms with Gasteiger partial charge in [-0.2, -0.15) is 30.6 Å². The number of allylic oxidation sites excluding steroid dienone is 1. The summed E-state index contributed by atoms with van der Waals surface area (Å²) in [5.41, 5.74) is -3.06. The van der Waals surface area contributed by atoms with Crippen LogP contribution in [0.4, 0.5) is 36.4 Å². The van der Waals surface area contributed by atoms with Crippen LogP contribution in [0.5, 0.6) is 0 Å². The zero-order valence-corrected chi connectivity index (χ0v) is 18.0. The maximum absolute atomic E-state index is 13.4. The molecule has 0 unspecified atom stereocenters. The van der Waals surface area contributed by atoms with E-state index in [2.05, 4.69) is 6.58 Å². The Morgan fingerprint density at radius 2 is 1.70 bits per heavy atom. The SMILES string of the molecule is C=C(c1cccc(S(=O)(=O)N2CCN(c3ccc(F)cc3C(F)(F)F)C[C@H]2C)c1)C(F)(F)F. The van der Waals surface area contributed by atoms with Crippen LogP contribution < -0.4 is 4.90 Å². The monoisotopic (exact) mass is 496 g/mol. The second kappa shape index (κ2) is 8.64. The second-order valence-electron chi connectivity index (χ2n) is 7.57. The van der Waals surface area contributed by atoms with Crippen molar-refractivity contribution in [3.05, 3.63) is 66.0 Å². The predicted molar refractivity (Wildman–Crippen MR) is 108 cm³/mol. The summed E-state index contributed by atoms with van der Waals surface area (Å²) in [6.07, 6.45) is -9.56. The predicted octanol–water partition coefficient (Wildman–Crippen LogP) is 5.32. The Bertz CT molecular complexity index is 1160. The molecule has 1 aliphatic rings. The highest BCUT2D eigenvalue weighted by atomic mass is 32.2. The van der Waals surface area contributed by atoms with Crippen LogP contribution in [0.2, 0.25) is 0 Å². The van der Waals surface area contributed by atoms with Gasteiger partial charge in [0.05, 0.1) is 16.0 Å². The van der Waals surface area contributed by atoms with Crippen molar-refractivity contribution in [2.24, 2.45) is 0 Å². The van der Waals surface area contributed by atoms with Gasteiger partial charge in [0, 0.05) is 31.4 Å². The van der Waals surface area contributed by atoms with Gasteiger partial charge in [-0.15, -0.1) is 0 Å². The number of piperazine rings is 1. The van der Waals surface area contributed by atoms with Crippen LogP contribution in [0.3, 0.4) is 0 Å². The minimum absolute atomic E-state index is 0.132. The van der Waals surface area contributed by atoms with Gasteiger partial charge in [0.15, 0.2) is 0 Å². The Kier molecular flexibility index (Phi) is 6.55. The van der Waals surface area contributed by atoms with E-state index in [0.29, 0.717) is 6.07 Å². The maximum atomic E-state index is 13.4. The van der Waals surface area contributed by atoms with Gasteiger partial charge in [-0.25, -0.2) is 12.8 Å². The Morgan fingerprint density at radius 3 is 2.27 bits per heavy atom. The zero-order chi connectivity index (χ0) is 24.8. The molecular weight excluding hydrogens is 477 g/mol. The minimum Gasteiger partial charge on any atom is -0.368 e. The van der Waals surface area contributed by atoms with Crippen LogP contribution in [0, 0.1) is 5.82 Å². The molecule has 180 valence electrons. The molecule has 1 saturated heterocycles. The first-order chi connectivity index (χ1) is 15.1. The average Bonchev–Trinajstić information content (AvgIpc) is 2.71. The molecule has 0 bridgehead atoms. The molecule has 2 aromatic carbocycles. The molecule has 1 atom stereocenters. The van der Waals surface area contributed by atoms with E-state index in [-0.39, 0.29) is 30.2 Å². The van der Waals surface area contributed by atoms with E-state index in [1.165, 1.54) is 11.8 Å². The lowest BCUT2D eigenvalue weighted by atomic mass is 10.1. The van der Waals surface area contributed by atoms with Crippen LogP contribution in [0.25, 0.3) is 5.57 Å². The first kappa shape index (κ1) is 25.0. The smallest absolute Gasteiger partial charge is 0.368 e. The summed E-state index contributed by atoms with van der Waals surface area (Å²) >= 11 is 0. The minimum atomic E-state index is -4.81. The molecule has 0 aromatic heterocycles. The number of sulfonamides is 1. The molecule has 0 saturated carbocycles. The van der Waals surface area contributed by atoms with E-state index in [1.807, 2.05) is 0 Å². The summed E-state index contributed by atoms with van der Waals surface area (Å²) in [5.74, 6) is -1.05. The van der Waals surface area contributed by atoms with Gasteiger partial charge in [-0.3, -0.25) is 0 Å². The molecule has 0 radical (unpaired) electrons. The highest BCUT2D eigenvalue weighted by Crippen LogP contribution is 2.38. The summed E-state index contributed by atoms with van der Waals surface area (Å²) in [5, 5.41) is 0. The molecule has 0 N–H and O–H groups in total. The van der Waals surface area contributed by atoms with Gasteiger partial charge in [0.1, 0.15) is 5.82 Å². The van der Waals surface area contributed by atoms with Crippen LogP contribution in [-0.2, 0) is 16.2 Å². The van der Waals surface area contributed by atoms with Crippen LogP contribution >= 0.6 is 0 Å². The summed E-state index contributed by atoms with van der Waals surface area (Å²) in [6.45, 7) is 3.95. The Hall–Kier alpha value is -2.60. The third-order valence-corrected chi connectivity index (χ3v) is 7.31. The lowest BCUT2D eigenvalue weighted by molar-refractivity contribution is -0.137. The first-order valence-corrected chi connectivity index (χ1v) is 11.1. The molecule has 2 aromatic rings. The van der Waals surface area contributed by atoms with Gasteiger partial charge in [-0.05, 0) is 42.8 Å². The van der Waals surface area contributed by atoms with E-state index in [9.17, 15) is 39.2 Å². The highest BCUT2D eigenvalue weighted by molar-refractivity contribution is 7.89. The molecule has 3 rings (SSSR count). The topological polar surface area (TPSA) is 40.6 Å². The number of rotatable bonds is 4. The fraction of sp³-hybridized carbons (Fsp3) is 0.333. The summed E-state index contributed by atoms with van der Waals surface area (Å²) in [4.78, 5) is 0.921. The van der Waals surface area contributed by atoms with Crippen molar-refractivity contribution in [2.75, 3.05) is 24.5 Å². The molecule has 33 heavy (non-hydrogen) atoms. The lowest BCUT2D eigenvalue weighted by Crippen LogP contribution is -2.54. The number of anilines is 1. The number of hydrogen-bond donors (Lipinski definition) is 0. The zero-order valence-electron chi connectivity index (χ0n) is 17.2. The Morgan fingerprint density at radius 1 is 1.03 bits per heavy atom. The summed E-state index contributed by atoms with van der Waals surface area (Å²) < 4.78 is 120. The Labute approximate surface area is 186 Å². The van der Waals surface area contributed by atoms with Gasteiger partial charge in [0.25, 0.3) is 0 Å². The maximum Gasteiger partial charge on any atom is 0.418 e. The molecule has 1 aliphatic heterocycles. The van der Waals surface area contributed by atoms with Crippen molar-refractivity contribution in [3.63, 3.8) is 0 Å². The van der Waals surface area contributed by atoms with Crippen LogP contribution in [0.1, 0.15) is 18.1 Å². The van der Waals surface area contributed by atoms with Crippen LogP contribution in [-0.4, -0.2) is 44.6 Å². The van der Waals surface area contributed by atoms with Crippen molar-refractivity contribution >= 4 is 21.3 Å². The molecular formula is C21H19F7N2O2S. The van der Waals surface area contributed by atoms with E-state index in [0.717, 1.165) is 40.7 Å². The number of hydrogen-bond acceptors (Lipinski definition) is 3. The largest absolute Gasteiger partial charge is 0.418 e. The second-order valence-corrected chi connectivity index (χ2v) is 9.46. The molecule has 12 heteroatoms. The average molecular weight is 496 g/mol. The van der Waals surface area contributed by atoms with E-state index < -0.39 is 50.9 Å². The van der Waals surface area contributed by atoms with E-state index in [1.54, 1.807) is 0 Å². The Balaban J connectivity index is 1.87. The van der Waals surface area contributed by atoms with Gasteiger partial charge < -0.3 is 4.90 Å². The summed E-state index contributed by atoms with van der Waals surface area (Å²) in [7, 11) is -4.25. The molecule has 1 heterocycles. The van der Waals surface area contributed by atoms with Crippen molar-refractivity contribution < 1.29 is 39.2 Å². The quantitative estimate of drug-likeness (QED) is 0.538. The normalized spacial score (nSPS) is 18.4. The molecule has 4 nitrogen and oxygen atoms in total. The van der Waals surface area contributed by atoms with Crippen molar-refractivity contribution in [1.82, 2.24) is 4.31 Å². The molecule has 1 fully saturated rings. The number of halogens is 7. The van der Waals surface area contributed by atoms with Gasteiger partial charge in [-0.1, -0.05) is 18.7 Å². The number of alkyl halides is 6. The van der Waals surface area contributed by atoms with Gasteiger partial charge in [0.2, 0.25) is 10.0 Å². The van der Waals surface area contributed by atoms with E-state index >= 15 is 0 Å². The number of nitrogens with zero attached hydrogens (tertiary/aromatic N) is 2. The third-order valence-electron chi connectivity index (χ3n) is 5.30. The molecule has 0 spiro atoms. The van der Waals surface area contributed by atoms with Crippen LogP contribution in [0.15, 0.2) is 53.9 Å². The standard InChI is InChI=1S/C21H19F7N2O2S/c1-13-12-29(19-7-6-16(22)11-18(19)21(26,27)28)8-9-30(13)33(31,32)17-5-3-4-15(10-17)14(2)20(23,24)25/h3-7,10-11,13H,2,8-9,12H2,1H3/t13-/m1/s1. The van der Waals surface area contributed by atoms with Crippen molar-refractivity contribution in [1.29, 1.82) is 0 Å². The first-order valence-electron chi connectivity index (χ1n) is 9.62. The fourth-order valence-corrected chi connectivity index (χ4v) is 5.33. The third kappa shape index (κ3) is 5.16. The highest BCUT2D eigenvalue weighted by Gasteiger charge is 2.39. The van der Waals surface area contributed by atoms with Crippen molar-refractivity contribution in [3.8, 4) is 0 Å². The van der Waals surface area contributed by atoms with Gasteiger partial charge >= 0.3 is 12.4 Å². The fourth-order valence-electron chi connectivity index (χ4n) is 3.67. The molecule has 0 amide bonds. The van der Waals surface area contributed by atoms with Crippen molar-refractivity contribution in [2.45, 2.75) is 30.2 Å². The number of benzene rings is 2. The summed E-state index contributed by atoms with van der Waals surface area (Å²) in [6, 6.07) is 5.69.